The number of benzene rings is 3. The van der Waals surface area contributed by atoms with E-state index in [2.05, 4.69) is 4.98 Å². The van der Waals surface area contributed by atoms with Gasteiger partial charge in [-0.1, -0.05) is 55.3 Å². The van der Waals surface area contributed by atoms with Gasteiger partial charge in [-0.25, -0.2) is 4.39 Å². The second-order valence-corrected chi connectivity index (χ2v) is 13.2. The van der Waals surface area contributed by atoms with Crippen molar-refractivity contribution in [3.05, 3.63) is 89.9 Å². The van der Waals surface area contributed by atoms with Gasteiger partial charge in [0.05, 0.1) is 24.6 Å². The summed E-state index contributed by atoms with van der Waals surface area (Å²) >= 11 is 1.39. The van der Waals surface area contributed by atoms with Crippen molar-refractivity contribution in [2.45, 2.75) is 64.7 Å². The molecule has 0 spiro atoms. The zero-order chi connectivity index (χ0) is 33.2. The van der Waals surface area contributed by atoms with E-state index < -0.39 is 5.41 Å². The number of fused-ring (bicyclic) bond motifs is 1. The Morgan fingerprint density at radius 3 is 2.09 bits per heavy atom. The molecule has 0 aliphatic heterocycles. The summed E-state index contributed by atoms with van der Waals surface area (Å²) in [5.74, 6) is 2.77. The van der Waals surface area contributed by atoms with Gasteiger partial charge in [0.15, 0.2) is 28.2 Å². The molecule has 1 aromatic heterocycles. The lowest BCUT2D eigenvalue weighted by Crippen LogP contribution is -2.28. The lowest BCUT2D eigenvalue weighted by Gasteiger charge is -2.15. The molecule has 1 aliphatic carbocycles. The first-order chi connectivity index (χ1) is 22.8. The highest BCUT2D eigenvalue weighted by molar-refractivity contribution is 8.13. The van der Waals surface area contributed by atoms with Gasteiger partial charge in [-0.2, -0.15) is 0 Å². The van der Waals surface area contributed by atoms with E-state index in [0.717, 1.165) is 48.8 Å². The molecule has 1 fully saturated rings. The van der Waals surface area contributed by atoms with E-state index in [1.165, 1.54) is 23.9 Å². The number of thioether (sulfide) groups is 1. The number of methoxy groups -OCH3 is 1. The fourth-order valence-electron chi connectivity index (χ4n) is 5.57. The van der Waals surface area contributed by atoms with E-state index in [4.69, 9.17) is 14.2 Å². The highest BCUT2D eigenvalue weighted by atomic mass is 32.2. The van der Waals surface area contributed by atoms with Crippen LogP contribution in [0.15, 0.2) is 72.9 Å². The van der Waals surface area contributed by atoms with Gasteiger partial charge < -0.3 is 14.2 Å². The Balaban J connectivity index is 1.15. The van der Waals surface area contributed by atoms with Gasteiger partial charge in [0.2, 0.25) is 0 Å². The maximum Gasteiger partial charge on any atom is 0.185 e. The van der Waals surface area contributed by atoms with E-state index >= 15 is 0 Å². The van der Waals surface area contributed by atoms with Crippen LogP contribution in [0.1, 0.15) is 63.0 Å². The van der Waals surface area contributed by atoms with Crippen LogP contribution in [0.5, 0.6) is 23.0 Å². The zero-order valence-corrected chi connectivity index (χ0v) is 27.7. The molecule has 5 rings (SSSR count). The Bertz CT molecular complexity index is 1700. The van der Waals surface area contributed by atoms with Gasteiger partial charge in [-0.05, 0) is 73.2 Å². The second kappa shape index (κ2) is 16.0. The molecule has 246 valence electrons. The van der Waals surface area contributed by atoms with E-state index in [1.54, 1.807) is 38.4 Å². The van der Waals surface area contributed by atoms with Crippen molar-refractivity contribution in [1.29, 1.82) is 0 Å². The highest BCUT2D eigenvalue weighted by Gasteiger charge is 2.54. The SMILES string of the molecule is COc1cc2c(Oc3ccc(CC(=O)C4(C(=O)Cc5ccc(F)cc5)CC4)cc3)ccnc2cc1OCCCCCCCSC(C)=O. The van der Waals surface area contributed by atoms with Crippen LogP contribution < -0.4 is 14.2 Å². The Hall–Kier alpha value is -4.24. The topological polar surface area (TPSA) is 91.8 Å². The number of halogens is 1. The first kappa shape index (κ1) is 34.1. The Kier molecular flexibility index (Phi) is 11.6. The summed E-state index contributed by atoms with van der Waals surface area (Å²) in [6, 6.07) is 18.7. The molecule has 0 N–H and O–H groups in total. The molecule has 1 heterocycles. The molecule has 1 aliphatic rings. The number of nitrogens with zero attached hydrogens (tertiary/aromatic N) is 1. The first-order valence-electron chi connectivity index (χ1n) is 16.1. The number of carbonyl (C=O) groups is 3. The Morgan fingerprint density at radius 2 is 1.45 bits per heavy atom. The molecule has 1 saturated carbocycles. The number of Topliss-reactive ketones (excluding diaryl/α,β-unsaturated/α-hetero) is 2. The van der Waals surface area contributed by atoms with Crippen LogP contribution in [0.3, 0.4) is 0 Å². The molecule has 0 amide bonds. The molecule has 0 saturated heterocycles. The minimum absolute atomic E-state index is 0.0798. The number of ether oxygens (including phenoxy) is 3. The molecule has 0 bridgehead atoms. The van der Waals surface area contributed by atoms with Crippen LogP contribution in [0.2, 0.25) is 0 Å². The van der Waals surface area contributed by atoms with Crippen molar-refractivity contribution in [1.82, 2.24) is 4.98 Å². The fraction of sp³-hybridized carbons (Fsp3) is 0.368. The quantitative estimate of drug-likeness (QED) is 0.0777. The maximum atomic E-state index is 13.2. The van der Waals surface area contributed by atoms with E-state index in [0.29, 0.717) is 53.5 Å². The van der Waals surface area contributed by atoms with Crippen molar-refractivity contribution in [2.24, 2.45) is 5.41 Å². The van der Waals surface area contributed by atoms with Crippen molar-refractivity contribution in [3.63, 3.8) is 0 Å². The number of hydrogen-bond donors (Lipinski definition) is 0. The minimum atomic E-state index is -0.933. The summed E-state index contributed by atoms with van der Waals surface area (Å²) in [6.45, 7) is 2.17. The molecule has 0 unspecified atom stereocenters. The smallest absolute Gasteiger partial charge is 0.185 e. The number of pyridine rings is 1. The van der Waals surface area contributed by atoms with Crippen molar-refractivity contribution >= 4 is 39.3 Å². The van der Waals surface area contributed by atoms with Gasteiger partial charge in [-0.3, -0.25) is 19.4 Å². The molecule has 7 nitrogen and oxygen atoms in total. The standard InChI is InChI=1S/C38H40FNO6S/c1-26(41)47-21-7-5-3-4-6-20-45-35-25-32-31(24-34(35)44-2)33(16-19-40-32)46-30-14-10-28(11-15-30)23-37(43)38(17-18-38)36(42)22-27-8-12-29(39)13-9-27/h8-16,19,24-25H,3-7,17-18,20-23H2,1-2H3. The van der Waals surface area contributed by atoms with Crippen LogP contribution in [-0.2, 0) is 27.2 Å². The monoisotopic (exact) mass is 657 g/mol. The number of carbonyl (C=O) groups excluding carboxylic acids is 3. The third kappa shape index (κ3) is 9.19. The third-order valence-corrected chi connectivity index (χ3v) is 9.35. The summed E-state index contributed by atoms with van der Waals surface area (Å²) in [6.07, 6.45) is 8.33. The average Bonchev–Trinajstić information content (AvgIpc) is 3.88. The summed E-state index contributed by atoms with van der Waals surface area (Å²) in [5.41, 5.74) is 1.29. The summed E-state index contributed by atoms with van der Waals surface area (Å²) in [7, 11) is 1.60. The number of hydrogen-bond acceptors (Lipinski definition) is 8. The Morgan fingerprint density at radius 1 is 0.809 bits per heavy atom. The van der Waals surface area contributed by atoms with Crippen LogP contribution in [0, 0.1) is 11.2 Å². The van der Waals surface area contributed by atoms with E-state index in [-0.39, 0.29) is 35.3 Å². The van der Waals surface area contributed by atoms with E-state index in [1.807, 2.05) is 36.4 Å². The zero-order valence-electron chi connectivity index (χ0n) is 26.9. The summed E-state index contributed by atoms with van der Waals surface area (Å²) in [4.78, 5) is 41.8. The van der Waals surface area contributed by atoms with Crippen LogP contribution in [0.4, 0.5) is 4.39 Å². The van der Waals surface area contributed by atoms with Gasteiger partial charge in [0.1, 0.15) is 17.3 Å². The predicted octanol–water partition coefficient (Wildman–Crippen LogP) is 8.49. The highest BCUT2D eigenvalue weighted by Crippen LogP contribution is 2.49. The molecular formula is C38H40FNO6S. The minimum Gasteiger partial charge on any atom is -0.493 e. The first-order valence-corrected chi connectivity index (χ1v) is 17.1. The average molecular weight is 658 g/mol. The van der Waals surface area contributed by atoms with Crippen LogP contribution >= 0.6 is 11.8 Å². The predicted molar refractivity (Wildman–Crippen MR) is 182 cm³/mol. The van der Waals surface area contributed by atoms with Gasteiger partial charge in [0, 0.05) is 43.2 Å². The number of unbranched alkanes of at least 4 members (excludes halogenated alkanes) is 4. The Labute approximate surface area is 279 Å². The summed E-state index contributed by atoms with van der Waals surface area (Å²) in [5, 5.41) is 0.948. The van der Waals surface area contributed by atoms with Crippen LogP contribution in [0.25, 0.3) is 10.9 Å². The fourth-order valence-corrected chi connectivity index (χ4v) is 6.21. The summed E-state index contributed by atoms with van der Waals surface area (Å²) < 4.78 is 31.2. The number of aromatic nitrogens is 1. The van der Waals surface area contributed by atoms with E-state index in [9.17, 15) is 18.8 Å². The molecule has 9 heteroatoms. The van der Waals surface area contributed by atoms with Crippen molar-refractivity contribution in [2.75, 3.05) is 19.5 Å². The number of rotatable bonds is 18. The number of ketones is 2. The maximum absolute atomic E-state index is 13.2. The molecule has 0 radical (unpaired) electrons. The molecule has 47 heavy (non-hydrogen) atoms. The van der Waals surface area contributed by atoms with Crippen LogP contribution in [-0.4, -0.2) is 41.1 Å². The molecule has 4 aromatic rings. The van der Waals surface area contributed by atoms with Gasteiger partial charge in [-0.15, -0.1) is 0 Å². The van der Waals surface area contributed by atoms with Gasteiger partial charge >= 0.3 is 0 Å². The second-order valence-electron chi connectivity index (χ2n) is 11.9. The lowest BCUT2D eigenvalue weighted by molar-refractivity contribution is -0.133. The third-order valence-electron chi connectivity index (χ3n) is 8.45. The van der Waals surface area contributed by atoms with Crippen molar-refractivity contribution < 1.29 is 33.0 Å². The normalized spacial score (nSPS) is 13.3. The lowest BCUT2D eigenvalue weighted by atomic mass is 9.88. The van der Waals surface area contributed by atoms with Crippen molar-refractivity contribution in [3.8, 4) is 23.0 Å². The molecular weight excluding hydrogens is 617 g/mol. The van der Waals surface area contributed by atoms with Gasteiger partial charge in [0.25, 0.3) is 0 Å². The molecule has 3 aromatic carbocycles. The largest absolute Gasteiger partial charge is 0.493 e. The molecule has 0 atom stereocenters.